The van der Waals surface area contributed by atoms with E-state index in [-0.39, 0.29) is 29.1 Å². The second-order valence-corrected chi connectivity index (χ2v) is 11.2. The van der Waals surface area contributed by atoms with Gasteiger partial charge in [0.05, 0.1) is 23.1 Å². The predicted molar refractivity (Wildman–Crippen MR) is 129 cm³/mol. The fourth-order valence-electron chi connectivity index (χ4n) is 4.24. The Labute approximate surface area is 200 Å². The summed E-state index contributed by atoms with van der Waals surface area (Å²) in [7, 11) is -3.05. The van der Waals surface area contributed by atoms with Crippen molar-refractivity contribution in [3.05, 3.63) is 47.3 Å². The molecule has 2 fully saturated rings. The van der Waals surface area contributed by atoms with Crippen LogP contribution in [0.4, 0.5) is 5.69 Å². The number of rotatable bonds is 10. The van der Waals surface area contributed by atoms with Gasteiger partial charge in [-0.3, -0.25) is 9.48 Å². The number of aromatic nitrogens is 2. The third kappa shape index (κ3) is 5.85. The number of sulfone groups is 1. The molecule has 2 aliphatic rings. The van der Waals surface area contributed by atoms with Gasteiger partial charge in [0, 0.05) is 23.8 Å². The fourth-order valence-corrected chi connectivity index (χ4v) is 5.93. The van der Waals surface area contributed by atoms with Crippen LogP contribution in [0.3, 0.4) is 0 Å². The molecule has 1 unspecified atom stereocenters. The number of nitrogens with zero attached hydrogens (tertiary/aromatic N) is 3. The van der Waals surface area contributed by atoms with E-state index < -0.39 is 15.8 Å². The molecule has 34 heavy (non-hydrogen) atoms. The SMILES string of the molecule is CCN(CC)CCOC(=O)c1ccc(NC(=O)c2cc(C3CC3)n(C3CCS(=O)(=O)C3)n2)cc1. The topological polar surface area (TPSA) is 111 Å². The fraction of sp³-hybridized carbons (Fsp3) is 0.542. The Kier molecular flexibility index (Phi) is 7.37. The number of nitrogens with one attached hydrogen (secondary N) is 1. The Morgan fingerprint density at radius 3 is 2.44 bits per heavy atom. The molecule has 0 radical (unpaired) electrons. The average Bonchev–Trinajstić information content (AvgIpc) is 3.46. The van der Waals surface area contributed by atoms with Crippen LogP contribution in [0.15, 0.2) is 30.3 Å². The van der Waals surface area contributed by atoms with Crippen LogP contribution in [0.1, 0.15) is 71.6 Å². The van der Waals surface area contributed by atoms with Crippen LogP contribution >= 0.6 is 0 Å². The van der Waals surface area contributed by atoms with Crippen molar-refractivity contribution in [2.45, 2.75) is 45.1 Å². The zero-order chi connectivity index (χ0) is 24.3. The van der Waals surface area contributed by atoms with Crippen LogP contribution in [0, 0.1) is 0 Å². The Bertz CT molecular complexity index is 1130. The minimum Gasteiger partial charge on any atom is -0.461 e. The molecule has 1 N–H and O–H groups in total. The van der Waals surface area contributed by atoms with Gasteiger partial charge in [0.2, 0.25) is 0 Å². The number of amides is 1. The van der Waals surface area contributed by atoms with Gasteiger partial charge in [0.1, 0.15) is 6.61 Å². The summed E-state index contributed by atoms with van der Waals surface area (Å²) in [5, 5.41) is 7.30. The number of anilines is 1. The van der Waals surface area contributed by atoms with E-state index in [0.29, 0.717) is 36.7 Å². The minimum atomic E-state index is -3.05. The predicted octanol–water partition coefficient (Wildman–Crippen LogP) is 2.87. The summed E-state index contributed by atoms with van der Waals surface area (Å²) in [6, 6.07) is 8.11. The first-order chi connectivity index (χ1) is 16.3. The summed E-state index contributed by atoms with van der Waals surface area (Å²) >= 11 is 0. The number of esters is 1. The van der Waals surface area contributed by atoms with Crippen LogP contribution < -0.4 is 5.32 Å². The maximum absolute atomic E-state index is 12.8. The molecule has 1 aliphatic heterocycles. The molecule has 1 atom stereocenters. The highest BCUT2D eigenvalue weighted by molar-refractivity contribution is 7.91. The van der Waals surface area contributed by atoms with Crippen LogP contribution in [0.2, 0.25) is 0 Å². The van der Waals surface area contributed by atoms with E-state index in [1.165, 1.54) is 0 Å². The van der Waals surface area contributed by atoms with E-state index in [4.69, 9.17) is 4.74 Å². The first-order valence-corrected chi connectivity index (χ1v) is 13.7. The molecule has 0 spiro atoms. The van der Waals surface area contributed by atoms with Crippen LogP contribution in [0.5, 0.6) is 0 Å². The Balaban J connectivity index is 1.37. The smallest absolute Gasteiger partial charge is 0.338 e. The summed E-state index contributed by atoms with van der Waals surface area (Å²) in [5.74, 6) is -0.195. The highest BCUT2D eigenvalue weighted by Gasteiger charge is 2.36. The van der Waals surface area contributed by atoms with Gasteiger partial charge in [-0.2, -0.15) is 5.10 Å². The van der Waals surface area contributed by atoms with Crippen molar-refractivity contribution in [1.82, 2.24) is 14.7 Å². The maximum Gasteiger partial charge on any atom is 0.338 e. The molecule has 10 heteroatoms. The lowest BCUT2D eigenvalue weighted by Crippen LogP contribution is -2.27. The third-order valence-electron chi connectivity index (χ3n) is 6.46. The monoisotopic (exact) mass is 488 g/mol. The van der Waals surface area contributed by atoms with Gasteiger partial charge in [-0.15, -0.1) is 0 Å². The third-order valence-corrected chi connectivity index (χ3v) is 8.21. The number of benzene rings is 1. The van der Waals surface area contributed by atoms with E-state index in [1.807, 2.05) is 0 Å². The summed E-state index contributed by atoms with van der Waals surface area (Å²) < 4.78 is 31.0. The van der Waals surface area contributed by atoms with Gasteiger partial charge >= 0.3 is 5.97 Å². The minimum absolute atomic E-state index is 0.0714. The Morgan fingerprint density at radius 2 is 1.85 bits per heavy atom. The van der Waals surface area contributed by atoms with Crippen molar-refractivity contribution < 1.29 is 22.7 Å². The molecule has 2 heterocycles. The molecule has 184 valence electrons. The van der Waals surface area contributed by atoms with Gasteiger partial charge < -0.3 is 15.0 Å². The Hall–Kier alpha value is -2.72. The standard InChI is InChI=1S/C24H32N4O5S/c1-3-27(4-2)12-13-33-24(30)18-7-9-19(10-8-18)25-23(29)21-15-22(17-5-6-17)28(26-21)20-11-14-34(31,32)16-20/h7-10,15,17,20H,3-6,11-14,16H2,1-2H3,(H,25,29). The number of likely N-dealkylation sites (N-methyl/N-ethyl adjacent to an activating group) is 1. The number of hydrogen-bond acceptors (Lipinski definition) is 7. The molecule has 1 aromatic carbocycles. The molecule has 1 aliphatic carbocycles. The average molecular weight is 489 g/mol. The van der Waals surface area contributed by atoms with Crippen molar-refractivity contribution in [3.63, 3.8) is 0 Å². The zero-order valence-corrected chi connectivity index (χ0v) is 20.5. The highest BCUT2D eigenvalue weighted by atomic mass is 32.2. The van der Waals surface area contributed by atoms with Gasteiger partial charge in [-0.1, -0.05) is 13.8 Å². The molecule has 4 rings (SSSR count). The lowest BCUT2D eigenvalue weighted by Gasteiger charge is -2.17. The summed E-state index contributed by atoms with van der Waals surface area (Å²) in [6.07, 6.45) is 2.58. The summed E-state index contributed by atoms with van der Waals surface area (Å²) in [6.45, 7) is 6.96. The van der Waals surface area contributed by atoms with Gasteiger partial charge in [0.25, 0.3) is 5.91 Å². The molecule has 1 aromatic heterocycles. The van der Waals surface area contributed by atoms with E-state index in [2.05, 4.69) is 29.2 Å². The highest BCUT2D eigenvalue weighted by Crippen LogP contribution is 2.42. The molecular formula is C24H32N4O5S. The van der Waals surface area contributed by atoms with Crippen molar-refractivity contribution in [1.29, 1.82) is 0 Å². The molecule has 1 amide bonds. The summed E-state index contributed by atoms with van der Waals surface area (Å²) in [4.78, 5) is 27.3. The molecular weight excluding hydrogens is 456 g/mol. The van der Waals surface area contributed by atoms with Crippen LogP contribution in [-0.2, 0) is 14.6 Å². The van der Waals surface area contributed by atoms with E-state index in [9.17, 15) is 18.0 Å². The first-order valence-electron chi connectivity index (χ1n) is 11.9. The van der Waals surface area contributed by atoms with Crippen molar-refractivity contribution >= 4 is 27.4 Å². The maximum atomic E-state index is 12.8. The van der Waals surface area contributed by atoms with Crippen molar-refractivity contribution in [3.8, 4) is 0 Å². The molecule has 0 bridgehead atoms. The summed E-state index contributed by atoms with van der Waals surface area (Å²) in [5.41, 5.74) is 2.16. The molecule has 1 saturated carbocycles. The molecule has 1 saturated heterocycles. The largest absolute Gasteiger partial charge is 0.461 e. The second kappa shape index (κ2) is 10.3. The number of carbonyl (C=O) groups excluding carboxylic acids is 2. The lowest BCUT2D eigenvalue weighted by molar-refractivity contribution is 0.0466. The number of ether oxygens (including phenoxy) is 1. The molecule has 2 aromatic rings. The quantitative estimate of drug-likeness (QED) is 0.512. The van der Waals surface area contributed by atoms with Crippen LogP contribution in [0.25, 0.3) is 0 Å². The lowest BCUT2D eigenvalue weighted by atomic mass is 10.2. The van der Waals surface area contributed by atoms with E-state index >= 15 is 0 Å². The Morgan fingerprint density at radius 1 is 1.15 bits per heavy atom. The molecule has 9 nitrogen and oxygen atoms in total. The van der Waals surface area contributed by atoms with Crippen molar-refractivity contribution in [2.75, 3.05) is 43.1 Å². The van der Waals surface area contributed by atoms with E-state index in [0.717, 1.165) is 31.6 Å². The van der Waals surface area contributed by atoms with Gasteiger partial charge in [-0.25, -0.2) is 13.2 Å². The normalized spacial score (nSPS) is 19.3. The van der Waals surface area contributed by atoms with Crippen LogP contribution in [-0.4, -0.2) is 72.7 Å². The van der Waals surface area contributed by atoms with Crippen molar-refractivity contribution in [2.24, 2.45) is 0 Å². The number of carbonyl (C=O) groups is 2. The van der Waals surface area contributed by atoms with Gasteiger partial charge in [-0.05, 0) is 62.7 Å². The van der Waals surface area contributed by atoms with Gasteiger partial charge in [0.15, 0.2) is 15.5 Å². The van der Waals surface area contributed by atoms with E-state index in [1.54, 1.807) is 35.0 Å². The number of hydrogen-bond donors (Lipinski definition) is 1. The first kappa shape index (κ1) is 24.4. The zero-order valence-electron chi connectivity index (χ0n) is 19.7. The second-order valence-electron chi connectivity index (χ2n) is 8.92.